The summed E-state index contributed by atoms with van der Waals surface area (Å²) in [5.41, 5.74) is 1.71. The average Bonchev–Trinajstić information content (AvgIpc) is 3.11. The molecule has 0 aliphatic heterocycles. The van der Waals surface area contributed by atoms with E-state index in [1.807, 2.05) is 30.3 Å². The van der Waals surface area contributed by atoms with Crippen LogP contribution in [0.25, 0.3) is 16.6 Å². The van der Waals surface area contributed by atoms with Gasteiger partial charge in [-0.1, -0.05) is 35.5 Å². The molecule has 152 valence electrons. The molecule has 0 bridgehead atoms. The molecule has 0 radical (unpaired) electrons. The van der Waals surface area contributed by atoms with Gasteiger partial charge in [0.15, 0.2) is 0 Å². The van der Waals surface area contributed by atoms with Crippen molar-refractivity contribution in [3.05, 3.63) is 89.6 Å². The van der Waals surface area contributed by atoms with Crippen LogP contribution in [0.5, 0.6) is 5.75 Å². The van der Waals surface area contributed by atoms with E-state index < -0.39 is 11.7 Å². The molecule has 1 N–H and O–H groups in total. The molecule has 0 saturated heterocycles. The van der Waals surface area contributed by atoms with E-state index in [0.717, 1.165) is 17.7 Å². The number of alkyl halides is 3. The Labute approximate surface area is 169 Å². The van der Waals surface area contributed by atoms with Crippen molar-refractivity contribution < 1.29 is 23.1 Å². The molecule has 0 unspecified atom stereocenters. The van der Waals surface area contributed by atoms with E-state index in [1.165, 1.54) is 23.0 Å². The van der Waals surface area contributed by atoms with E-state index in [9.17, 15) is 13.2 Å². The van der Waals surface area contributed by atoms with Crippen LogP contribution in [0.4, 0.5) is 13.2 Å². The van der Waals surface area contributed by atoms with Crippen LogP contribution in [0.2, 0.25) is 0 Å². The number of halogens is 3. The number of oxime groups is 1. The molecule has 0 aliphatic carbocycles. The fourth-order valence-electron chi connectivity index (χ4n) is 3.09. The Kier molecular flexibility index (Phi) is 5.14. The summed E-state index contributed by atoms with van der Waals surface area (Å²) in [5, 5.41) is 17.0. The molecule has 0 spiro atoms. The van der Waals surface area contributed by atoms with Crippen LogP contribution in [-0.2, 0) is 12.8 Å². The first-order valence-electron chi connectivity index (χ1n) is 9.00. The Balaban J connectivity index is 1.69. The highest BCUT2D eigenvalue weighted by atomic mass is 19.4. The third-order valence-electron chi connectivity index (χ3n) is 4.55. The maximum atomic E-state index is 12.8. The molecule has 0 amide bonds. The fourth-order valence-corrected chi connectivity index (χ4v) is 3.09. The lowest BCUT2D eigenvalue weighted by molar-refractivity contribution is -0.137. The number of hydrogen-bond donors (Lipinski definition) is 1. The van der Waals surface area contributed by atoms with Crippen molar-refractivity contribution in [1.29, 1.82) is 0 Å². The summed E-state index contributed by atoms with van der Waals surface area (Å²) in [6.45, 7) is 0.378. The Hall–Kier alpha value is -3.81. The predicted molar refractivity (Wildman–Crippen MR) is 106 cm³/mol. The number of benzene rings is 3. The van der Waals surface area contributed by atoms with E-state index in [0.29, 0.717) is 34.6 Å². The van der Waals surface area contributed by atoms with Crippen LogP contribution in [0.3, 0.4) is 0 Å². The average molecular weight is 411 g/mol. The summed E-state index contributed by atoms with van der Waals surface area (Å²) in [6.07, 6.45) is -3.24. The van der Waals surface area contributed by atoms with Crippen molar-refractivity contribution in [1.82, 2.24) is 9.78 Å². The minimum Gasteiger partial charge on any atom is -0.489 e. The summed E-state index contributed by atoms with van der Waals surface area (Å²) < 4.78 is 45.8. The molecule has 0 atom stereocenters. The summed E-state index contributed by atoms with van der Waals surface area (Å²) in [7, 11) is 0. The molecule has 4 rings (SSSR count). The van der Waals surface area contributed by atoms with Gasteiger partial charge in [-0.25, -0.2) is 4.68 Å². The van der Waals surface area contributed by atoms with Crippen LogP contribution in [-0.4, -0.2) is 21.2 Å². The molecule has 30 heavy (non-hydrogen) atoms. The topological polar surface area (TPSA) is 59.6 Å². The molecule has 1 heterocycles. The Morgan fingerprint density at radius 3 is 2.40 bits per heavy atom. The van der Waals surface area contributed by atoms with E-state index in [4.69, 9.17) is 9.94 Å². The summed E-state index contributed by atoms with van der Waals surface area (Å²) >= 11 is 0. The molecule has 8 heteroatoms. The second-order valence-electron chi connectivity index (χ2n) is 6.54. The van der Waals surface area contributed by atoms with Gasteiger partial charge in [-0.05, 0) is 48.0 Å². The minimum atomic E-state index is -4.41. The zero-order valence-corrected chi connectivity index (χ0v) is 15.5. The van der Waals surface area contributed by atoms with Gasteiger partial charge in [-0.2, -0.15) is 18.3 Å². The lowest BCUT2D eigenvalue weighted by Gasteiger charge is -2.09. The molecule has 3 aromatic carbocycles. The molecule has 0 aliphatic rings. The van der Waals surface area contributed by atoms with Gasteiger partial charge in [0.1, 0.15) is 18.1 Å². The zero-order chi connectivity index (χ0) is 21.1. The SMILES string of the molecule is O/N=C/c1nn(-c2ccc(C(F)(F)F)cc2)c2ccc(OCc3ccccc3)cc12. The number of fused-ring (bicyclic) bond motifs is 1. The van der Waals surface area contributed by atoms with Crippen LogP contribution >= 0.6 is 0 Å². The van der Waals surface area contributed by atoms with Crippen molar-refractivity contribution in [3.8, 4) is 11.4 Å². The lowest BCUT2D eigenvalue weighted by Crippen LogP contribution is -2.05. The molecule has 4 aromatic rings. The van der Waals surface area contributed by atoms with Crippen molar-refractivity contribution in [3.63, 3.8) is 0 Å². The van der Waals surface area contributed by atoms with Crippen molar-refractivity contribution in [2.45, 2.75) is 12.8 Å². The monoisotopic (exact) mass is 411 g/mol. The largest absolute Gasteiger partial charge is 0.489 e. The summed E-state index contributed by atoms with van der Waals surface area (Å²) in [5.74, 6) is 0.589. The zero-order valence-electron chi connectivity index (χ0n) is 15.5. The quantitative estimate of drug-likeness (QED) is 0.271. The Bertz CT molecular complexity index is 1180. The standard InChI is InChI=1S/C22H16F3N3O2/c23-22(24,25)16-6-8-17(9-7-16)28-21-11-10-18(12-19(21)20(27-28)13-26-29)30-14-15-4-2-1-3-5-15/h1-13,29H,14H2/b26-13+. The molecule has 0 fully saturated rings. The van der Waals surface area contributed by atoms with E-state index in [-0.39, 0.29) is 0 Å². The van der Waals surface area contributed by atoms with Crippen LogP contribution in [0, 0.1) is 0 Å². The maximum Gasteiger partial charge on any atom is 0.416 e. The highest BCUT2D eigenvalue weighted by Crippen LogP contribution is 2.31. The van der Waals surface area contributed by atoms with E-state index in [1.54, 1.807) is 18.2 Å². The lowest BCUT2D eigenvalue weighted by atomic mass is 10.2. The van der Waals surface area contributed by atoms with E-state index >= 15 is 0 Å². The Morgan fingerprint density at radius 2 is 1.73 bits per heavy atom. The minimum absolute atomic E-state index is 0.359. The van der Waals surface area contributed by atoms with Crippen molar-refractivity contribution in [2.75, 3.05) is 0 Å². The maximum absolute atomic E-state index is 12.8. The van der Waals surface area contributed by atoms with Gasteiger partial charge in [-0.15, -0.1) is 0 Å². The van der Waals surface area contributed by atoms with E-state index in [2.05, 4.69) is 10.3 Å². The molecular formula is C22H16F3N3O2. The smallest absolute Gasteiger partial charge is 0.416 e. The van der Waals surface area contributed by atoms with Crippen LogP contribution in [0.1, 0.15) is 16.8 Å². The summed E-state index contributed by atoms with van der Waals surface area (Å²) in [6, 6.07) is 19.6. The predicted octanol–water partition coefficient (Wildman–Crippen LogP) is 5.43. The van der Waals surface area contributed by atoms with Gasteiger partial charge in [-0.3, -0.25) is 0 Å². The molecule has 0 saturated carbocycles. The second-order valence-corrected chi connectivity index (χ2v) is 6.54. The number of nitrogens with zero attached hydrogens (tertiary/aromatic N) is 3. The second kappa shape index (κ2) is 7.90. The third kappa shape index (κ3) is 3.98. The van der Waals surface area contributed by atoms with Gasteiger partial charge >= 0.3 is 6.18 Å². The molecular weight excluding hydrogens is 395 g/mol. The molecule has 5 nitrogen and oxygen atoms in total. The van der Waals surface area contributed by atoms with Crippen LogP contribution in [0.15, 0.2) is 78.0 Å². The number of aromatic nitrogens is 2. The fraction of sp³-hybridized carbons (Fsp3) is 0.0909. The first-order chi connectivity index (χ1) is 14.5. The van der Waals surface area contributed by atoms with Crippen LogP contribution < -0.4 is 4.74 Å². The van der Waals surface area contributed by atoms with Gasteiger partial charge in [0, 0.05) is 5.39 Å². The van der Waals surface area contributed by atoms with Gasteiger partial charge in [0.05, 0.1) is 23.0 Å². The number of hydrogen-bond acceptors (Lipinski definition) is 4. The Morgan fingerprint density at radius 1 is 1.00 bits per heavy atom. The molecule has 1 aromatic heterocycles. The number of rotatable bonds is 5. The first kappa shape index (κ1) is 19.5. The highest BCUT2D eigenvalue weighted by molar-refractivity contribution is 5.98. The van der Waals surface area contributed by atoms with Crippen molar-refractivity contribution in [2.24, 2.45) is 5.16 Å². The van der Waals surface area contributed by atoms with Gasteiger partial charge < -0.3 is 9.94 Å². The third-order valence-corrected chi connectivity index (χ3v) is 4.55. The van der Waals surface area contributed by atoms with Gasteiger partial charge in [0.2, 0.25) is 0 Å². The van der Waals surface area contributed by atoms with Gasteiger partial charge in [0.25, 0.3) is 0 Å². The summed E-state index contributed by atoms with van der Waals surface area (Å²) in [4.78, 5) is 0. The highest BCUT2D eigenvalue weighted by Gasteiger charge is 2.30. The first-order valence-corrected chi connectivity index (χ1v) is 9.00. The normalized spacial score (nSPS) is 12.0. The number of ether oxygens (including phenoxy) is 1. The van der Waals surface area contributed by atoms with Crippen molar-refractivity contribution >= 4 is 17.1 Å².